The van der Waals surface area contributed by atoms with Gasteiger partial charge in [0.1, 0.15) is 17.4 Å². The van der Waals surface area contributed by atoms with Crippen LogP contribution in [0.4, 0.5) is 10.2 Å². The van der Waals surface area contributed by atoms with Crippen LogP contribution < -0.4 is 10.1 Å². The summed E-state index contributed by atoms with van der Waals surface area (Å²) in [5.41, 5.74) is 0.673. The first-order valence-electron chi connectivity index (χ1n) is 7.88. The van der Waals surface area contributed by atoms with Crippen molar-refractivity contribution in [3.05, 3.63) is 40.2 Å². The first kappa shape index (κ1) is 18.8. The zero-order valence-electron chi connectivity index (χ0n) is 13.9. The Morgan fingerprint density at radius 2 is 2.23 bits per heavy atom. The summed E-state index contributed by atoms with van der Waals surface area (Å²) in [6.07, 6.45) is 0.464. The molecule has 0 spiro atoms. The van der Waals surface area contributed by atoms with Crippen LogP contribution in [0.5, 0.6) is 5.75 Å². The van der Waals surface area contributed by atoms with Crippen molar-refractivity contribution in [2.24, 2.45) is 0 Å². The Balaban J connectivity index is 1.66. The normalized spacial score (nSPS) is 18.7. The van der Waals surface area contributed by atoms with Crippen molar-refractivity contribution in [2.45, 2.75) is 19.4 Å². The number of carbonyl (C=O) groups is 1. The minimum absolute atomic E-state index is 0.00994. The summed E-state index contributed by atoms with van der Waals surface area (Å²) in [6, 6.07) is 5.28. The van der Waals surface area contributed by atoms with E-state index in [0.717, 1.165) is 0 Å². The van der Waals surface area contributed by atoms with Gasteiger partial charge in [-0.1, -0.05) is 0 Å². The molecule has 140 valence electrons. The van der Waals surface area contributed by atoms with Gasteiger partial charge < -0.3 is 10.1 Å². The molecule has 1 aromatic heterocycles. The van der Waals surface area contributed by atoms with Crippen molar-refractivity contribution in [3.63, 3.8) is 0 Å². The van der Waals surface area contributed by atoms with Crippen molar-refractivity contribution in [3.8, 4) is 5.75 Å². The van der Waals surface area contributed by atoms with Crippen LogP contribution in [0.15, 0.2) is 28.7 Å². The molecule has 1 fully saturated rings. The van der Waals surface area contributed by atoms with E-state index in [1.54, 1.807) is 17.7 Å². The molecule has 1 aromatic carbocycles. The number of hydrogen-bond acceptors (Lipinski definition) is 5. The summed E-state index contributed by atoms with van der Waals surface area (Å²) < 4.78 is 43.8. The minimum Gasteiger partial charge on any atom is -0.483 e. The van der Waals surface area contributed by atoms with E-state index in [0.29, 0.717) is 28.2 Å². The second kappa shape index (κ2) is 7.36. The Morgan fingerprint density at radius 1 is 1.46 bits per heavy atom. The summed E-state index contributed by atoms with van der Waals surface area (Å²) in [6.45, 7) is 1.49. The van der Waals surface area contributed by atoms with Crippen molar-refractivity contribution in [1.82, 2.24) is 9.78 Å². The molecular formula is C16H17BrFN3O4S. The summed E-state index contributed by atoms with van der Waals surface area (Å²) in [5, 5.41) is 6.99. The Bertz CT molecular complexity index is 945. The third kappa shape index (κ3) is 4.42. The number of carbonyl (C=O) groups excluding carboxylic acids is 1. The predicted molar refractivity (Wildman–Crippen MR) is 97.5 cm³/mol. The van der Waals surface area contributed by atoms with E-state index < -0.39 is 21.6 Å². The summed E-state index contributed by atoms with van der Waals surface area (Å²) in [5.74, 6) is 0.0501. The van der Waals surface area contributed by atoms with E-state index in [-0.39, 0.29) is 24.2 Å². The highest BCUT2D eigenvalue weighted by atomic mass is 79.9. The average Bonchev–Trinajstić information content (AvgIpc) is 3.08. The molecule has 2 heterocycles. The van der Waals surface area contributed by atoms with Crippen LogP contribution >= 0.6 is 15.9 Å². The number of aromatic nitrogens is 2. The van der Waals surface area contributed by atoms with Crippen molar-refractivity contribution in [2.75, 3.05) is 23.4 Å². The second-order valence-corrected chi connectivity index (χ2v) is 9.17. The fourth-order valence-corrected chi connectivity index (χ4v) is 4.93. The molecule has 1 saturated heterocycles. The van der Waals surface area contributed by atoms with Crippen LogP contribution in [0.3, 0.4) is 0 Å². The summed E-state index contributed by atoms with van der Waals surface area (Å²) in [4.78, 5) is 12.2. The molecule has 7 nitrogen and oxygen atoms in total. The monoisotopic (exact) mass is 445 g/mol. The lowest BCUT2D eigenvalue weighted by molar-refractivity contribution is -0.118. The number of nitrogens with zero attached hydrogens (tertiary/aromatic N) is 2. The van der Waals surface area contributed by atoms with Gasteiger partial charge in [-0.05, 0) is 47.5 Å². The van der Waals surface area contributed by atoms with E-state index in [1.165, 1.54) is 18.2 Å². The van der Waals surface area contributed by atoms with Crippen LogP contribution in [0, 0.1) is 12.7 Å². The molecule has 2 aromatic rings. The predicted octanol–water partition coefficient (Wildman–Crippen LogP) is 2.47. The molecule has 3 rings (SSSR count). The number of aryl methyl sites for hydroxylation is 1. The van der Waals surface area contributed by atoms with Crippen molar-refractivity contribution >= 4 is 37.5 Å². The maximum atomic E-state index is 13.1. The first-order valence-corrected chi connectivity index (χ1v) is 10.5. The number of halogens is 2. The maximum Gasteiger partial charge on any atom is 0.263 e. The molecule has 0 saturated carbocycles. The molecule has 26 heavy (non-hydrogen) atoms. The van der Waals surface area contributed by atoms with E-state index in [9.17, 15) is 17.6 Å². The molecule has 0 aliphatic carbocycles. The molecule has 1 unspecified atom stereocenters. The maximum absolute atomic E-state index is 13.1. The molecule has 10 heteroatoms. The van der Waals surface area contributed by atoms with Crippen LogP contribution in [-0.4, -0.2) is 42.2 Å². The molecule has 1 amide bonds. The van der Waals surface area contributed by atoms with Crippen molar-refractivity contribution < 1.29 is 22.3 Å². The lowest BCUT2D eigenvalue weighted by Gasteiger charge is -2.14. The Morgan fingerprint density at radius 3 is 2.88 bits per heavy atom. The van der Waals surface area contributed by atoms with Gasteiger partial charge in [0.15, 0.2) is 16.4 Å². The molecule has 0 bridgehead atoms. The van der Waals surface area contributed by atoms with Gasteiger partial charge >= 0.3 is 0 Å². The highest BCUT2D eigenvalue weighted by molar-refractivity contribution is 9.10. The van der Waals surface area contributed by atoms with Crippen molar-refractivity contribution in [1.29, 1.82) is 0 Å². The van der Waals surface area contributed by atoms with Crippen LogP contribution in [0.2, 0.25) is 0 Å². The fourth-order valence-electron chi connectivity index (χ4n) is 2.77. The number of amides is 1. The number of anilines is 1. The third-order valence-corrected chi connectivity index (χ3v) is 6.30. The largest absolute Gasteiger partial charge is 0.483 e. The van der Waals surface area contributed by atoms with Crippen LogP contribution in [0.1, 0.15) is 18.2 Å². The summed E-state index contributed by atoms with van der Waals surface area (Å²) >= 11 is 3.17. The lowest BCUT2D eigenvalue weighted by atomic mass is 10.3. The Hall–Kier alpha value is -1.94. The molecule has 1 atom stereocenters. The Kier molecular flexibility index (Phi) is 5.33. The van der Waals surface area contributed by atoms with Gasteiger partial charge in [-0.3, -0.25) is 4.79 Å². The lowest BCUT2D eigenvalue weighted by Crippen LogP contribution is -2.24. The standard InChI is InChI=1S/C16H17BrFN3O4S/c1-10-6-15(21(20-10)12-4-5-26(23,24)9-12)19-16(22)8-25-14-3-2-11(18)7-13(14)17/h2-3,6-7,12H,4-5,8-9H2,1H3,(H,19,22). The van der Waals surface area contributed by atoms with E-state index in [1.807, 2.05) is 0 Å². The average molecular weight is 446 g/mol. The highest BCUT2D eigenvalue weighted by Crippen LogP contribution is 2.28. The topological polar surface area (TPSA) is 90.3 Å². The SMILES string of the molecule is Cc1cc(NC(=O)COc2ccc(F)cc2Br)n(C2CCS(=O)(=O)C2)n1. The fraction of sp³-hybridized carbons (Fsp3) is 0.375. The smallest absolute Gasteiger partial charge is 0.263 e. The van der Waals surface area contributed by atoms with Crippen LogP contribution in [-0.2, 0) is 14.6 Å². The van der Waals surface area contributed by atoms with Gasteiger partial charge in [0.25, 0.3) is 5.91 Å². The molecule has 1 aliphatic heterocycles. The highest BCUT2D eigenvalue weighted by Gasteiger charge is 2.31. The molecule has 1 aliphatic rings. The number of benzene rings is 1. The van der Waals surface area contributed by atoms with E-state index in [4.69, 9.17) is 4.74 Å². The van der Waals surface area contributed by atoms with Gasteiger partial charge in [-0.25, -0.2) is 17.5 Å². The summed E-state index contributed by atoms with van der Waals surface area (Å²) in [7, 11) is -3.07. The number of rotatable bonds is 5. The van der Waals surface area contributed by atoms with Gasteiger partial charge in [0.2, 0.25) is 0 Å². The Labute approximate surface area is 158 Å². The molecular weight excluding hydrogens is 429 g/mol. The zero-order valence-corrected chi connectivity index (χ0v) is 16.3. The minimum atomic E-state index is -3.07. The third-order valence-electron chi connectivity index (χ3n) is 3.93. The quantitative estimate of drug-likeness (QED) is 0.763. The van der Waals surface area contributed by atoms with Gasteiger partial charge in [-0.15, -0.1) is 0 Å². The zero-order chi connectivity index (χ0) is 18.9. The number of sulfone groups is 1. The molecule has 0 radical (unpaired) electrons. The van der Waals surface area contributed by atoms with Gasteiger partial charge in [-0.2, -0.15) is 5.10 Å². The van der Waals surface area contributed by atoms with Crippen LogP contribution in [0.25, 0.3) is 0 Å². The number of hydrogen-bond donors (Lipinski definition) is 1. The second-order valence-electron chi connectivity index (χ2n) is 6.08. The van der Waals surface area contributed by atoms with Gasteiger partial charge in [0, 0.05) is 6.07 Å². The molecule has 1 N–H and O–H groups in total. The number of ether oxygens (including phenoxy) is 1. The first-order chi connectivity index (χ1) is 12.2. The van der Waals surface area contributed by atoms with E-state index in [2.05, 4.69) is 26.3 Å². The van der Waals surface area contributed by atoms with Gasteiger partial charge in [0.05, 0.1) is 27.7 Å². The van der Waals surface area contributed by atoms with E-state index >= 15 is 0 Å². The number of nitrogens with one attached hydrogen (secondary N) is 1.